The first kappa shape index (κ1) is 16.7. The van der Waals surface area contributed by atoms with E-state index in [-0.39, 0.29) is 11.3 Å². The second-order valence-electron chi connectivity index (χ2n) is 6.18. The van der Waals surface area contributed by atoms with Gasteiger partial charge in [-0.05, 0) is 48.9 Å². The number of hydrogen-bond donors (Lipinski definition) is 1. The van der Waals surface area contributed by atoms with E-state index in [0.717, 1.165) is 24.9 Å². The predicted molar refractivity (Wildman–Crippen MR) is 85.9 cm³/mol. The molecule has 0 aliphatic rings. The van der Waals surface area contributed by atoms with Crippen LogP contribution in [0.1, 0.15) is 45.6 Å². The van der Waals surface area contributed by atoms with E-state index >= 15 is 0 Å². The summed E-state index contributed by atoms with van der Waals surface area (Å²) in [5, 5.41) is 0. The summed E-state index contributed by atoms with van der Waals surface area (Å²) in [6.45, 7) is 7.14. The summed E-state index contributed by atoms with van der Waals surface area (Å²) >= 11 is 0. The van der Waals surface area contributed by atoms with E-state index in [4.69, 9.17) is 5.73 Å². The first-order valence-corrected chi connectivity index (χ1v) is 7.45. The lowest BCUT2D eigenvalue weighted by molar-refractivity contribution is -0.118. The summed E-state index contributed by atoms with van der Waals surface area (Å²) in [5.74, 6) is 0.166. The van der Waals surface area contributed by atoms with Gasteiger partial charge in [0.2, 0.25) is 5.91 Å². The summed E-state index contributed by atoms with van der Waals surface area (Å²) in [6.07, 6.45) is 3.42. The minimum absolute atomic E-state index is 0.136. The molecule has 3 nitrogen and oxygen atoms in total. The molecule has 0 fully saturated rings. The van der Waals surface area contributed by atoms with Crippen molar-refractivity contribution in [2.45, 2.75) is 46.5 Å². The Morgan fingerprint density at radius 1 is 1.20 bits per heavy atom. The number of amides is 1. The van der Waals surface area contributed by atoms with Crippen molar-refractivity contribution in [2.75, 3.05) is 18.5 Å². The van der Waals surface area contributed by atoms with Gasteiger partial charge in [0.1, 0.15) is 0 Å². The molecule has 1 aromatic rings. The van der Waals surface area contributed by atoms with Crippen molar-refractivity contribution in [3.05, 3.63) is 29.8 Å². The number of nitrogens with zero attached hydrogens (tertiary/aromatic N) is 1. The van der Waals surface area contributed by atoms with Crippen LogP contribution in [0.5, 0.6) is 0 Å². The van der Waals surface area contributed by atoms with Crippen LogP contribution >= 0.6 is 0 Å². The number of rotatable bonds is 7. The highest BCUT2D eigenvalue weighted by Crippen LogP contribution is 2.26. The van der Waals surface area contributed by atoms with Crippen LogP contribution < -0.4 is 10.6 Å². The maximum Gasteiger partial charge on any atom is 0.226 e. The zero-order chi connectivity index (χ0) is 15.2. The van der Waals surface area contributed by atoms with Gasteiger partial charge in [0, 0.05) is 19.2 Å². The van der Waals surface area contributed by atoms with E-state index in [1.807, 2.05) is 19.2 Å². The first-order chi connectivity index (χ1) is 9.39. The molecule has 0 saturated heterocycles. The van der Waals surface area contributed by atoms with Crippen molar-refractivity contribution in [3.8, 4) is 0 Å². The molecule has 0 atom stereocenters. The molecule has 1 amide bonds. The highest BCUT2D eigenvalue weighted by molar-refractivity contribution is 5.92. The van der Waals surface area contributed by atoms with Gasteiger partial charge in [-0.15, -0.1) is 0 Å². The highest BCUT2D eigenvalue weighted by atomic mass is 16.2. The van der Waals surface area contributed by atoms with Crippen molar-refractivity contribution in [1.29, 1.82) is 0 Å². The van der Waals surface area contributed by atoms with Gasteiger partial charge < -0.3 is 10.6 Å². The van der Waals surface area contributed by atoms with Crippen molar-refractivity contribution in [3.63, 3.8) is 0 Å². The molecular formula is C17H28N2O. The number of anilines is 1. The Labute approximate surface area is 123 Å². The Balaban J connectivity index is 2.58. The Morgan fingerprint density at radius 3 is 2.30 bits per heavy atom. The quantitative estimate of drug-likeness (QED) is 0.830. The maximum atomic E-state index is 12.2. The molecule has 0 spiro atoms. The van der Waals surface area contributed by atoms with Crippen molar-refractivity contribution in [1.82, 2.24) is 0 Å². The molecule has 2 N–H and O–H groups in total. The molecular weight excluding hydrogens is 248 g/mol. The van der Waals surface area contributed by atoms with Crippen LogP contribution in [-0.2, 0) is 11.2 Å². The SMILES string of the molecule is CCc1ccc(N(C)C(=O)CCC(C)(C)CCN)cc1. The summed E-state index contributed by atoms with van der Waals surface area (Å²) in [7, 11) is 1.85. The van der Waals surface area contributed by atoms with Gasteiger partial charge in [-0.3, -0.25) is 4.79 Å². The van der Waals surface area contributed by atoms with Crippen LogP contribution in [0.3, 0.4) is 0 Å². The van der Waals surface area contributed by atoms with Gasteiger partial charge in [0.05, 0.1) is 0 Å². The second kappa shape index (κ2) is 7.44. The lowest BCUT2D eigenvalue weighted by Gasteiger charge is -2.25. The van der Waals surface area contributed by atoms with Crippen LogP contribution in [0.2, 0.25) is 0 Å². The van der Waals surface area contributed by atoms with Crippen LogP contribution in [0, 0.1) is 5.41 Å². The molecule has 0 bridgehead atoms. The fraction of sp³-hybridized carbons (Fsp3) is 0.588. The fourth-order valence-corrected chi connectivity index (χ4v) is 2.23. The van der Waals surface area contributed by atoms with Gasteiger partial charge in [-0.25, -0.2) is 0 Å². The van der Waals surface area contributed by atoms with Gasteiger partial charge >= 0.3 is 0 Å². The van der Waals surface area contributed by atoms with Crippen molar-refractivity contribution in [2.24, 2.45) is 11.1 Å². The van der Waals surface area contributed by atoms with E-state index in [2.05, 4.69) is 32.9 Å². The topological polar surface area (TPSA) is 46.3 Å². The lowest BCUT2D eigenvalue weighted by Crippen LogP contribution is -2.28. The minimum Gasteiger partial charge on any atom is -0.330 e. The van der Waals surface area contributed by atoms with Crippen LogP contribution in [-0.4, -0.2) is 19.5 Å². The lowest BCUT2D eigenvalue weighted by atomic mass is 9.84. The highest BCUT2D eigenvalue weighted by Gasteiger charge is 2.20. The fourth-order valence-electron chi connectivity index (χ4n) is 2.23. The van der Waals surface area contributed by atoms with Gasteiger partial charge in [-0.2, -0.15) is 0 Å². The Morgan fingerprint density at radius 2 is 1.80 bits per heavy atom. The molecule has 0 saturated carbocycles. The average Bonchev–Trinajstić information content (AvgIpc) is 2.44. The second-order valence-corrected chi connectivity index (χ2v) is 6.18. The van der Waals surface area contributed by atoms with E-state index < -0.39 is 0 Å². The zero-order valence-corrected chi connectivity index (χ0v) is 13.3. The molecule has 0 aliphatic heterocycles. The van der Waals surface area contributed by atoms with Crippen molar-refractivity contribution < 1.29 is 4.79 Å². The molecule has 0 radical (unpaired) electrons. The summed E-state index contributed by atoms with van der Waals surface area (Å²) < 4.78 is 0. The summed E-state index contributed by atoms with van der Waals surface area (Å²) in [5.41, 5.74) is 7.99. The molecule has 112 valence electrons. The summed E-state index contributed by atoms with van der Waals surface area (Å²) in [6, 6.07) is 8.19. The third-order valence-corrected chi connectivity index (χ3v) is 3.94. The number of carbonyl (C=O) groups is 1. The number of carbonyl (C=O) groups excluding carboxylic acids is 1. The largest absolute Gasteiger partial charge is 0.330 e. The monoisotopic (exact) mass is 276 g/mol. The maximum absolute atomic E-state index is 12.2. The smallest absolute Gasteiger partial charge is 0.226 e. The predicted octanol–water partition coefficient (Wildman–Crippen LogP) is 3.37. The Bertz CT molecular complexity index is 423. The molecule has 1 rings (SSSR count). The van der Waals surface area contributed by atoms with E-state index in [0.29, 0.717) is 13.0 Å². The van der Waals surface area contributed by atoms with E-state index in [1.54, 1.807) is 4.90 Å². The number of benzene rings is 1. The number of aryl methyl sites for hydroxylation is 1. The molecule has 0 aromatic heterocycles. The third-order valence-electron chi connectivity index (χ3n) is 3.94. The molecule has 3 heteroatoms. The number of nitrogens with two attached hydrogens (primary N) is 1. The van der Waals surface area contributed by atoms with Crippen LogP contribution in [0.25, 0.3) is 0 Å². The molecule has 1 aromatic carbocycles. The Hall–Kier alpha value is -1.35. The average molecular weight is 276 g/mol. The van der Waals surface area contributed by atoms with Crippen molar-refractivity contribution >= 4 is 11.6 Å². The molecule has 20 heavy (non-hydrogen) atoms. The van der Waals surface area contributed by atoms with E-state index in [1.165, 1.54) is 5.56 Å². The molecule has 0 heterocycles. The zero-order valence-electron chi connectivity index (χ0n) is 13.3. The Kier molecular flexibility index (Phi) is 6.21. The summed E-state index contributed by atoms with van der Waals surface area (Å²) in [4.78, 5) is 14.0. The van der Waals surface area contributed by atoms with Gasteiger partial charge in [-0.1, -0.05) is 32.9 Å². The normalized spacial score (nSPS) is 11.4. The minimum atomic E-state index is 0.136. The van der Waals surface area contributed by atoms with Gasteiger partial charge in [0.15, 0.2) is 0 Å². The molecule has 0 unspecified atom stereocenters. The van der Waals surface area contributed by atoms with E-state index in [9.17, 15) is 4.79 Å². The van der Waals surface area contributed by atoms with Crippen LogP contribution in [0.4, 0.5) is 5.69 Å². The molecule has 0 aliphatic carbocycles. The first-order valence-electron chi connectivity index (χ1n) is 7.45. The number of hydrogen-bond acceptors (Lipinski definition) is 2. The van der Waals surface area contributed by atoms with Gasteiger partial charge in [0.25, 0.3) is 0 Å². The standard InChI is InChI=1S/C17H28N2O/c1-5-14-6-8-15(9-7-14)19(4)16(20)10-11-17(2,3)12-13-18/h6-9H,5,10-13,18H2,1-4H3. The third kappa shape index (κ3) is 4.97. The van der Waals surface area contributed by atoms with Crippen LogP contribution in [0.15, 0.2) is 24.3 Å².